The molecular weight excluding hydrogens is 227 g/mol. The lowest BCUT2D eigenvalue weighted by Crippen LogP contribution is -2.57. The molecule has 0 heterocycles. The predicted octanol–water partition coefficient (Wildman–Crippen LogP) is 0.970. The van der Waals surface area contributed by atoms with Crippen molar-refractivity contribution < 1.29 is 27.9 Å². The average Bonchev–Trinajstić information content (AvgIpc) is 2.26. The van der Waals surface area contributed by atoms with Crippen molar-refractivity contribution in [2.45, 2.75) is 6.18 Å². The minimum atomic E-state index is -4.71. The van der Waals surface area contributed by atoms with Crippen LogP contribution in [0, 0.1) is 4.91 Å². The van der Waals surface area contributed by atoms with Crippen molar-refractivity contribution in [3.63, 3.8) is 0 Å². The maximum atomic E-state index is 12.5. The lowest BCUT2D eigenvalue weighted by atomic mass is 10.1. The number of methoxy groups -OCH3 is 1. The molecule has 0 unspecified atom stereocenters. The van der Waals surface area contributed by atoms with E-state index >= 15 is 0 Å². The summed E-state index contributed by atoms with van der Waals surface area (Å²) in [6, 6.07) is 2.51. The molecule has 0 fully saturated rings. The zero-order valence-electron chi connectivity index (χ0n) is 8.09. The highest BCUT2D eigenvalue weighted by molar-refractivity contribution is 5.90. The molecule has 7 heteroatoms. The Morgan fingerprint density at radius 2 is 2.00 bits per heavy atom. The summed E-state index contributed by atoms with van der Waals surface area (Å²) in [4.78, 5) is 21.3. The lowest BCUT2D eigenvalue weighted by molar-refractivity contribution is -0.382. The van der Waals surface area contributed by atoms with Crippen LogP contribution in [0.15, 0.2) is 18.2 Å². The number of hydrogen-bond donors (Lipinski definition) is 1. The van der Waals surface area contributed by atoms with Gasteiger partial charge in [-0.15, -0.1) is 0 Å². The van der Waals surface area contributed by atoms with Crippen molar-refractivity contribution in [3.05, 3.63) is 34.2 Å². The van der Waals surface area contributed by atoms with Crippen molar-refractivity contribution >= 4 is 11.7 Å². The van der Waals surface area contributed by atoms with Crippen LogP contribution < -0.4 is 5.18 Å². The maximum Gasteiger partial charge on any atom is 0.422 e. The summed E-state index contributed by atoms with van der Waals surface area (Å²) < 4.78 is 41.6. The van der Waals surface area contributed by atoms with Gasteiger partial charge in [-0.1, -0.05) is 0 Å². The summed E-state index contributed by atoms with van der Waals surface area (Å²) >= 11 is 0. The first-order valence-corrected chi connectivity index (χ1v) is 4.08. The molecule has 0 saturated carbocycles. The third kappa shape index (κ3) is 2.36. The largest absolute Gasteiger partial charge is 0.465 e. The summed E-state index contributed by atoms with van der Waals surface area (Å²) in [6.07, 6.45) is -4.71. The molecule has 1 aromatic carbocycles. The van der Waals surface area contributed by atoms with Crippen LogP contribution in [0.1, 0.15) is 15.9 Å². The highest BCUT2D eigenvalue weighted by Crippen LogP contribution is 2.33. The number of rotatable bonds is 2. The van der Waals surface area contributed by atoms with Crippen LogP contribution in [-0.4, -0.2) is 13.1 Å². The van der Waals surface area contributed by atoms with Crippen molar-refractivity contribution in [1.29, 1.82) is 0 Å². The zero-order valence-corrected chi connectivity index (χ0v) is 8.09. The number of nitroso groups, excluding NO2 is 1. The molecule has 0 aliphatic rings. The Morgan fingerprint density at radius 1 is 1.38 bits per heavy atom. The second-order valence-electron chi connectivity index (χ2n) is 2.85. The van der Waals surface area contributed by atoms with E-state index in [1.165, 1.54) is 0 Å². The van der Waals surface area contributed by atoms with Gasteiger partial charge in [0.15, 0.2) is 0 Å². The lowest BCUT2D eigenvalue weighted by Gasteiger charge is -2.06. The fourth-order valence-corrected chi connectivity index (χ4v) is 1.11. The molecule has 1 aromatic rings. The molecule has 0 spiro atoms. The van der Waals surface area contributed by atoms with Gasteiger partial charge in [0.25, 0.3) is 5.69 Å². The minimum absolute atomic E-state index is 0.270. The van der Waals surface area contributed by atoms with E-state index in [9.17, 15) is 22.9 Å². The Labute approximate surface area is 88.0 Å². The second-order valence-corrected chi connectivity index (χ2v) is 2.85. The second kappa shape index (κ2) is 4.30. The smallest absolute Gasteiger partial charge is 0.422 e. The number of nitrogens with one attached hydrogen (secondary N) is 1. The van der Waals surface area contributed by atoms with Crippen LogP contribution in [-0.2, 0) is 10.9 Å². The quantitative estimate of drug-likeness (QED) is 0.776. The number of halogens is 3. The van der Waals surface area contributed by atoms with Crippen LogP contribution in [0.3, 0.4) is 0 Å². The summed E-state index contributed by atoms with van der Waals surface area (Å²) in [5.41, 5.74) is -2.11. The molecular formula is C9H7F3NO3+. The van der Waals surface area contributed by atoms with Crippen molar-refractivity contribution in [2.75, 3.05) is 7.11 Å². The molecule has 0 atom stereocenters. The van der Waals surface area contributed by atoms with E-state index < -0.39 is 23.4 Å². The van der Waals surface area contributed by atoms with Gasteiger partial charge in [0.05, 0.1) is 12.7 Å². The molecule has 4 nitrogen and oxygen atoms in total. The average molecular weight is 234 g/mol. The van der Waals surface area contributed by atoms with Gasteiger partial charge in [0.1, 0.15) is 5.56 Å². The molecule has 0 aromatic heterocycles. The number of ether oxygens (including phenoxy) is 1. The predicted molar refractivity (Wildman–Crippen MR) is 46.8 cm³/mol. The Balaban J connectivity index is 3.33. The van der Waals surface area contributed by atoms with Crippen molar-refractivity contribution in [1.82, 2.24) is 0 Å². The molecule has 1 rings (SSSR count). The normalized spacial score (nSPS) is 11.0. The van der Waals surface area contributed by atoms with E-state index in [2.05, 4.69) is 4.74 Å². The van der Waals surface area contributed by atoms with Crippen molar-refractivity contribution in [3.8, 4) is 0 Å². The molecule has 0 saturated heterocycles. The van der Waals surface area contributed by atoms with Crippen LogP contribution in [0.25, 0.3) is 0 Å². The van der Waals surface area contributed by atoms with Gasteiger partial charge in [-0.25, -0.2) is 4.79 Å². The van der Waals surface area contributed by atoms with Crippen LogP contribution in [0.2, 0.25) is 0 Å². The van der Waals surface area contributed by atoms with Crippen LogP contribution in [0.4, 0.5) is 18.9 Å². The first-order valence-electron chi connectivity index (χ1n) is 4.08. The fraction of sp³-hybridized carbons (Fsp3) is 0.222. The fourth-order valence-electron chi connectivity index (χ4n) is 1.11. The topological polar surface area (TPSA) is 57.3 Å². The first-order chi connectivity index (χ1) is 7.40. The number of carbonyl (C=O) groups is 1. The van der Waals surface area contributed by atoms with Gasteiger partial charge in [0, 0.05) is 16.2 Å². The molecule has 86 valence electrons. The standard InChI is InChI=1S/C9H6F3NO3/c1-16-8(14)5-2-3-7(13-15)6(4-5)9(10,11)12/h2-4H,1H3/p+1. The molecule has 1 N–H and O–H groups in total. The Bertz CT molecular complexity index is 428. The van der Waals surface area contributed by atoms with Gasteiger partial charge in [-0.05, 0) is 12.1 Å². The Kier molecular flexibility index (Phi) is 3.26. The van der Waals surface area contributed by atoms with E-state index in [1.807, 2.05) is 0 Å². The number of alkyl halides is 3. The van der Waals surface area contributed by atoms with Gasteiger partial charge >= 0.3 is 12.1 Å². The minimum Gasteiger partial charge on any atom is -0.465 e. The Morgan fingerprint density at radius 3 is 2.44 bits per heavy atom. The highest BCUT2D eigenvalue weighted by Gasteiger charge is 2.37. The molecule has 0 amide bonds. The van der Waals surface area contributed by atoms with Gasteiger partial charge in [-0.3, -0.25) is 0 Å². The van der Waals surface area contributed by atoms with Crippen LogP contribution >= 0.6 is 0 Å². The summed E-state index contributed by atoms with van der Waals surface area (Å²) in [5, 5.41) is 1.16. The van der Waals surface area contributed by atoms with Crippen molar-refractivity contribution in [2.24, 2.45) is 0 Å². The summed E-state index contributed by atoms with van der Waals surface area (Å²) in [7, 11) is 1.05. The molecule has 0 bridgehead atoms. The number of benzene rings is 1. The number of hydrogen-bond acceptors (Lipinski definition) is 3. The van der Waals surface area contributed by atoms with E-state index in [0.717, 1.165) is 24.4 Å². The number of esters is 1. The van der Waals surface area contributed by atoms with Gasteiger partial charge in [0.2, 0.25) is 0 Å². The molecule has 16 heavy (non-hydrogen) atoms. The van der Waals surface area contributed by atoms with E-state index in [1.54, 1.807) is 0 Å². The van der Waals surface area contributed by atoms with E-state index in [0.29, 0.717) is 6.07 Å². The third-order valence-electron chi connectivity index (χ3n) is 1.86. The van der Waals surface area contributed by atoms with E-state index in [-0.39, 0.29) is 5.56 Å². The van der Waals surface area contributed by atoms with Gasteiger partial charge in [-0.2, -0.15) is 13.2 Å². The number of carbonyl (C=O) groups excluding carboxylic acids is 1. The highest BCUT2D eigenvalue weighted by atomic mass is 19.4. The third-order valence-corrected chi connectivity index (χ3v) is 1.86. The molecule has 0 radical (unpaired) electrons. The summed E-state index contributed by atoms with van der Waals surface area (Å²) in [5.74, 6) is -0.900. The SMILES string of the molecule is COC(=O)c1ccc([NH+]=O)c(C(F)(F)F)c1. The molecule has 0 aliphatic heterocycles. The van der Waals surface area contributed by atoms with Gasteiger partial charge < -0.3 is 4.74 Å². The molecule has 0 aliphatic carbocycles. The van der Waals surface area contributed by atoms with Crippen LogP contribution in [0.5, 0.6) is 0 Å². The first kappa shape index (κ1) is 12.2. The monoisotopic (exact) mass is 234 g/mol. The maximum absolute atomic E-state index is 12.5. The zero-order chi connectivity index (χ0) is 12.3. The Hall–Kier alpha value is -1.92. The van der Waals surface area contributed by atoms with E-state index in [4.69, 9.17) is 0 Å². The summed E-state index contributed by atoms with van der Waals surface area (Å²) in [6.45, 7) is 0.